The molecule has 0 fully saturated rings. The van der Waals surface area contributed by atoms with Crippen molar-refractivity contribution < 1.29 is 0 Å². The lowest BCUT2D eigenvalue weighted by Crippen LogP contribution is -1.80. The van der Waals surface area contributed by atoms with Crippen molar-refractivity contribution in [2.45, 2.75) is 24.9 Å². The highest BCUT2D eigenvalue weighted by Crippen LogP contribution is 2.21. The van der Waals surface area contributed by atoms with Gasteiger partial charge in [0.25, 0.3) is 0 Å². The van der Waals surface area contributed by atoms with E-state index in [1.165, 1.54) is 18.4 Å². The van der Waals surface area contributed by atoms with Crippen molar-refractivity contribution in [2.75, 3.05) is 5.75 Å². The van der Waals surface area contributed by atoms with Crippen molar-refractivity contribution in [1.29, 1.82) is 0 Å². The molecule has 84 valence electrons. The fourth-order valence-corrected chi connectivity index (χ4v) is 2.39. The summed E-state index contributed by atoms with van der Waals surface area (Å²) in [6.45, 7) is 2.21. The third-order valence-corrected chi connectivity index (χ3v) is 3.35. The summed E-state index contributed by atoms with van der Waals surface area (Å²) in [7, 11) is 0. The Balaban J connectivity index is 2.02. The molecular formula is C13H16N2S. The maximum Gasteiger partial charge on any atom is 0.165 e. The molecule has 0 aliphatic heterocycles. The molecule has 0 amide bonds. The van der Waals surface area contributed by atoms with Crippen LogP contribution >= 0.6 is 11.8 Å². The molecular weight excluding hydrogens is 216 g/mol. The van der Waals surface area contributed by atoms with Crippen LogP contribution in [0.4, 0.5) is 0 Å². The minimum absolute atomic E-state index is 1.02. The van der Waals surface area contributed by atoms with Gasteiger partial charge in [-0.15, -0.1) is 0 Å². The van der Waals surface area contributed by atoms with Gasteiger partial charge in [-0.2, -0.15) is 0 Å². The van der Waals surface area contributed by atoms with Gasteiger partial charge >= 0.3 is 0 Å². The molecule has 0 bridgehead atoms. The highest BCUT2D eigenvalue weighted by Gasteiger charge is 2.02. The fourth-order valence-electron chi connectivity index (χ4n) is 1.45. The zero-order valence-corrected chi connectivity index (χ0v) is 10.3. The SMILES string of the molecule is CCCCSc1ncc(-c2ccccc2)[nH]1. The first-order valence-electron chi connectivity index (χ1n) is 5.63. The van der Waals surface area contributed by atoms with E-state index in [4.69, 9.17) is 0 Å². The van der Waals surface area contributed by atoms with Crippen LogP contribution in [0, 0.1) is 0 Å². The van der Waals surface area contributed by atoms with E-state index >= 15 is 0 Å². The number of nitrogens with zero attached hydrogens (tertiary/aromatic N) is 1. The number of nitrogens with one attached hydrogen (secondary N) is 1. The standard InChI is InChI=1S/C13H16N2S/c1-2-3-9-16-13-14-10-12(15-13)11-7-5-4-6-8-11/h4-8,10H,2-3,9H2,1H3,(H,14,15). The van der Waals surface area contributed by atoms with Gasteiger partial charge in [-0.25, -0.2) is 4.98 Å². The van der Waals surface area contributed by atoms with Gasteiger partial charge in [-0.1, -0.05) is 55.4 Å². The molecule has 1 aromatic heterocycles. The molecule has 0 saturated heterocycles. The Labute approximate surface area is 101 Å². The van der Waals surface area contributed by atoms with Crippen LogP contribution in [0.25, 0.3) is 11.3 Å². The number of aromatic nitrogens is 2. The highest BCUT2D eigenvalue weighted by molar-refractivity contribution is 7.99. The lowest BCUT2D eigenvalue weighted by molar-refractivity contribution is 0.892. The van der Waals surface area contributed by atoms with Gasteiger partial charge in [-0.3, -0.25) is 0 Å². The Bertz CT molecular complexity index is 423. The van der Waals surface area contributed by atoms with Gasteiger partial charge in [0, 0.05) is 5.75 Å². The van der Waals surface area contributed by atoms with Crippen molar-refractivity contribution in [2.24, 2.45) is 0 Å². The molecule has 0 radical (unpaired) electrons. The predicted molar refractivity (Wildman–Crippen MR) is 69.7 cm³/mol. The minimum Gasteiger partial charge on any atom is -0.333 e. The van der Waals surface area contributed by atoms with Crippen molar-refractivity contribution in [3.63, 3.8) is 0 Å². The number of hydrogen-bond acceptors (Lipinski definition) is 2. The predicted octanol–water partition coefficient (Wildman–Crippen LogP) is 3.97. The molecule has 2 aromatic rings. The van der Waals surface area contributed by atoms with E-state index in [9.17, 15) is 0 Å². The van der Waals surface area contributed by atoms with Crippen molar-refractivity contribution in [3.8, 4) is 11.3 Å². The van der Waals surface area contributed by atoms with Crippen LogP contribution in [0.2, 0.25) is 0 Å². The van der Waals surface area contributed by atoms with E-state index in [2.05, 4.69) is 29.0 Å². The smallest absolute Gasteiger partial charge is 0.165 e. The zero-order chi connectivity index (χ0) is 11.2. The molecule has 16 heavy (non-hydrogen) atoms. The maximum absolute atomic E-state index is 4.37. The van der Waals surface area contributed by atoms with Gasteiger partial charge in [0.1, 0.15) is 0 Å². The normalized spacial score (nSPS) is 10.6. The van der Waals surface area contributed by atoms with Crippen LogP contribution in [0.1, 0.15) is 19.8 Å². The average Bonchev–Trinajstić information content (AvgIpc) is 2.79. The van der Waals surface area contributed by atoms with Gasteiger partial charge in [0.05, 0.1) is 11.9 Å². The van der Waals surface area contributed by atoms with Crippen LogP contribution < -0.4 is 0 Å². The molecule has 0 aliphatic carbocycles. The molecule has 1 aromatic carbocycles. The molecule has 3 heteroatoms. The minimum atomic E-state index is 1.02. The topological polar surface area (TPSA) is 28.7 Å². The van der Waals surface area contributed by atoms with Crippen LogP contribution in [0.15, 0.2) is 41.7 Å². The maximum atomic E-state index is 4.37. The van der Waals surface area contributed by atoms with E-state index in [1.54, 1.807) is 11.8 Å². The lowest BCUT2D eigenvalue weighted by Gasteiger charge is -1.96. The number of thioether (sulfide) groups is 1. The number of imidazole rings is 1. The molecule has 2 rings (SSSR count). The fraction of sp³-hybridized carbons (Fsp3) is 0.308. The second-order valence-electron chi connectivity index (χ2n) is 3.67. The number of aromatic amines is 1. The number of H-pyrrole nitrogens is 1. The Morgan fingerprint density at radius 3 is 2.81 bits per heavy atom. The van der Waals surface area contributed by atoms with E-state index in [1.807, 2.05) is 24.4 Å². The molecule has 0 atom stereocenters. The summed E-state index contributed by atoms with van der Waals surface area (Å²) in [6.07, 6.45) is 4.38. The average molecular weight is 232 g/mol. The van der Waals surface area contributed by atoms with Gasteiger partial charge < -0.3 is 4.98 Å². The number of rotatable bonds is 5. The van der Waals surface area contributed by atoms with Gasteiger partial charge in [0.15, 0.2) is 5.16 Å². The zero-order valence-electron chi connectivity index (χ0n) is 9.44. The number of hydrogen-bond donors (Lipinski definition) is 1. The van der Waals surface area contributed by atoms with E-state index in [0.29, 0.717) is 0 Å². The van der Waals surface area contributed by atoms with Crippen LogP contribution in [-0.4, -0.2) is 15.7 Å². The first-order chi connectivity index (χ1) is 7.90. The third kappa shape index (κ3) is 2.89. The summed E-state index contributed by atoms with van der Waals surface area (Å²) in [5, 5.41) is 1.02. The van der Waals surface area contributed by atoms with E-state index in [-0.39, 0.29) is 0 Å². The molecule has 0 saturated carbocycles. The number of unbranched alkanes of at least 4 members (excludes halogenated alkanes) is 1. The summed E-state index contributed by atoms with van der Waals surface area (Å²) >= 11 is 1.79. The summed E-state index contributed by atoms with van der Waals surface area (Å²) in [5.41, 5.74) is 2.29. The molecule has 2 nitrogen and oxygen atoms in total. The molecule has 0 aliphatic rings. The molecule has 0 spiro atoms. The van der Waals surface area contributed by atoms with Crippen molar-refractivity contribution in [1.82, 2.24) is 9.97 Å². The quantitative estimate of drug-likeness (QED) is 0.624. The molecule has 1 heterocycles. The van der Waals surface area contributed by atoms with Crippen LogP contribution in [0.3, 0.4) is 0 Å². The largest absolute Gasteiger partial charge is 0.333 e. The second-order valence-corrected chi connectivity index (χ2v) is 4.75. The highest BCUT2D eigenvalue weighted by atomic mass is 32.2. The Morgan fingerprint density at radius 2 is 2.06 bits per heavy atom. The lowest BCUT2D eigenvalue weighted by atomic mass is 10.2. The Hall–Kier alpha value is -1.22. The van der Waals surface area contributed by atoms with Gasteiger partial charge in [0.2, 0.25) is 0 Å². The van der Waals surface area contributed by atoms with Crippen LogP contribution in [0.5, 0.6) is 0 Å². The number of benzene rings is 1. The Morgan fingerprint density at radius 1 is 1.25 bits per heavy atom. The summed E-state index contributed by atoms with van der Waals surface area (Å²) in [6, 6.07) is 10.3. The molecule has 1 N–H and O–H groups in total. The third-order valence-electron chi connectivity index (χ3n) is 2.37. The summed E-state index contributed by atoms with van der Waals surface area (Å²) in [5.74, 6) is 1.14. The monoisotopic (exact) mass is 232 g/mol. The van der Waals surface area contributed by atoms with Crippen molar-refractivity contribution in [3.05, 3.63) is 36.5 Å². The first kappa shape index (κ1) is 11.3. The Kier molecular flexibility index (Phi) is 4.05. The van der Waals surface area contributed by atoms with E-state index in [0.717, 1.165) is 16.6 Å². The first-order valence-corrected chi connectivity index (χ1v) is 6.62. The summed E-state index contributed by atoms with van der Waals surface area (Å²) < 4.78 is 0. The molecule has 0 unspecified atom stereocenters. The second kappa shape index (κ2) is 5.75. The van der Waals surface area contributed by atoms with Crippen LogP contribution in [-0.2, 0) is 0 Å². The summed E-state index contributed by atoms with van der Waals surface area (Å²) in [4.78, 5) is 7.71. The van der Waals surface area contributed by atoms with E-state index < -0.39 is 0 Å². The van der Waals surface area contributed by atoms with Gasteiger partial charge in [-0.05, 0) is 12.0 Å². The van der Waals surface area contributed by atoms with Crippen molar-refractivity contribution >= 4 is 11.8 Å².